The minimum atomic E-state index is -3.45. The molecular formula is C19H19NO5S. The van der Waals surface area contributed by atoms with Crippen molar-refractivity contribution in [2.75, 3.05) is 19.5 Å². The molecule has 0 amide bonds. The minimum absolute atomic E-state index is 0.0368. The minimum Gasteiger partial charge on any atom is -0.491 e. The van der Waals surface area contributed by atoms with Crippen LogP contribution in [0, 0.1) is 0 Å². The maximum Gasteiger partial charge on any atom is 0.264 e. The number of ether oxygens (including phenoxy) is 2. The Kier molecular flexibility index (Phi) is 5.70. The third-order valence-corrected chi connectivity index (χ3v) is 4.09. The number of fused-ring (bicyclic) bond motifs is 1. The van der Waals surface area contributed by atoms with Gasteiger partial charge in [-0.3, -0.25) is 4.18 Å². The molecule has 0 saturated carbocycles. The zero-order valence-corrected chi connectivity index (χ0v) is 15.1. The van der Waals surface area contributed by atoms with Gasteiger partial charge in [-0.15, -0.1) is 0 Å². The van der Waals surface area contributed by atoms with Gasteiger partial charge in [-0.1, -0.05) is 30.3 Å². The number of nitrogens with zero attached hydrogens (tertiary/aromatic N) is 1. The first-order valence-electron chi connectivity index (χ1n) is 8.04. The molecule has 0 bridgehead atoms. The highest BCUT2D eigenvalue weighted by Crippen LogP contribution is 2.21. The number of aromatic nitrogens is 1. The van der Waals surface area contributed by atoms with Gasteiger partial charge in [0.25, 0.3) is 10.1 Å². The second-order valence-corrected chi connectivity index (χ2v) is 7.28. The normalized spacial score (nSPS) is 11.4. The van der Waals surface area contributed by atoms with E-state index in [1.807, 2.05) is 42.5 Å². The van der Waals surface area contributed by atoms with Crippen LogP contribution in [0.15, 0.2) is 60.7 Å². The van der Waals surface area contributed by atoms with Gasteiger partial charge in [0.1, 0.15) is 31.3 Å². The van der Waals surface area contributed by atoms with Crippen LogP contribution >= 0.6 is 0 Å². The predicted molar refractivity (Wildman–Crippen MR) is 98.8 cm³/mol. The predicted octanol–water partition coefficient (Wildman–Crippen LogP) is 3.17. The number of pyridine rings is 1. The summed E-state index contributed by atoms with van der Waals surface area (Å²) >= 11 is 0. The van der Waals surface area contributed by atoms with Crippen molar-refractivity contribution in [3.63, 3.8) is 0 Å². The fourth-order valence-electron chi connectivity index (χ4n) is 2.34. The zero-order chi connectivity index (χ0) is 18.4. The Morgan fingerprint density at radius 3 is 2.46 bits per heavy atom. The Morgan fingerprint density at radius 1 is 0.885 bits per heavy atom. The lowest BCUT2D eigenvalue weighted by Crippen LogP contribution is -2.11. The van der Waals surface area contributed by atoms with Gasteiger partial charge in [0.2, 0.25) is 0 Å². The lowest BCUT2D eigenvalue weighted by molar-refractivity contribution is 0.221. The highest BCUT2D eigenvalue weighted by Gasteiger charge is 2.04. The van der Waals surface area contributed by atoms with E-state index in [9.17, 15) is 8.42 Å². The van der Waals surface area contributed by atoms with Crippen LogP contribution in [0.5, 0.6) is 11.5 Å². The van der Waals surface area contributed by atoms with Crippen molar-refractivity contribution in [2.45, 2.75) is 6.61 Å². The van der Waals surface area contributed by atoms with E-state index in [0.29, 0.717) is 18.1 Å². The summed E-state index contributed by atoms with van der Waals surface area (Å²) in [6.45, 7) is 0.430. The summed E-state index contributed by atoms with van der Waals surface area (Å²) in [5, 5.41) is 1.09. The summed E-state index contributed by atoms with van der Waals surface area (Å²) in [6, 6.07) is 19.0. The van der Waals surface area contributed by atoms with Crippen molar-refractivity contribution in [1.82, 2.24) is 4.98 Å². The largest absolute Gasteiger partial charge is 0.491 e. The Hall–Kier alpha value is -2.64. The third-order valence-electron chi connectivity index (χ3n) is 3.50. The average Bonchev–Trinajstić information content (AvgIpc) is 2.63. The molecule has 26 heavy (non-hydrogen) atoms. The first-order valence-corrected chi connectivity index (χ1v) is 9.86. The van der Waals surface area contributed by atoms with E-state index in [2.05, 4.69) is 9.17 Å². The molecule has 3 rings (SSSR count). The van der Waals surface area contributed by atoms with E-state index in [1.54, 1.807) is 18.2 Å². The van der Waals surface area contributed by atoms with Crippen LogP contribution in [0.3, 0.4) is 0 Å². The number of para-hydroxylation sites is 1. The van der Waals surface area contributed by atoms with Crippen molar-refractivity contribution in [2.24, 2.45) is 0 Å². The smallest absolute Gasteiger partial charge is 0.264 e. The van der Waals surface area contributed by atoms with Crippen molar-refractivity contribution in [1.29, 1.82) is 0 Å². The van der Waals surface area contributed by atoms with Crippen LogP contribution < -0.4 is 9.47 Å². The fourth-order valence-corrected chi connectivity index (χ4v) is 2.72. The van der Waals surface area contributed by atoms with Crippen LogP contribution in [-0.2, 0) is 20.9 Å². The molecule has 2 aromatic carbocycles. The van der Waals surface area contributed by atoms with E-state index >= 15 is 0 Å². The fraction of sp³-hybridized carbons (Fsp3) is 0.211. The molecule has 1 aromatic heterocycles. The van der Waals surface area contributed by atoms with Gasteiger partial charge in [0, 0.05) is 11.5 Å². The number of benzene rings is 2. The number of hydrogen-bond donors (Lipinski definition) is 0. The van der Waals surface area contributed by atoms with Gasteiger partial charge in [-0.2, -0.15) is 8.42 Å². The maximum atomic E-state index is 10.9. The quantitative estimate of drug-likeness (QED) is 0.446. The Bertz CT molecular complexity index is 988. The Labute approximate surface area is 152 Å². The van der Waals surface area contributed by atoms with Crippen molar-refractivity contribution in [3.8, 4) is 11.5 Å². The Morgan fingerprint density at radius 2 is 1.65 bits per heavy atom. The zero-order valence-electron chi connectivity index (χ0n) is 14.3. The summed E-state index contributed by atoms with van der Waals surface area (Å²) in [4.78, 5) is 4.57. The molecule has 0 aliphatic carbocycles. The monoisotopic (exact) mass is 373 g/mol. The lowest BCUT2D eigenvalue weighted by atomic mass is 10.2. The first-order chi connectivity index (χ1) is 12.5. The van der Waals surface area contributed by atoms with Crippen molar-refractivity contribution < 1.29 is 22.1 Å². The van der Waals surface area contributed by atoms with Gasteiger partial charge < -0.3 is 9.47 Å². The molecule has 0 N–H and O–H groups in total. The third kappa shape index (κ3) is 5.44. The van der Waals surface area contributed by atoms with Gasteiger partial charge in [0.15, 0.2) is 0 Å². The summed E-state index contributed by atoms with van der Waals surface area (Å²) in [6.07, 6.45) is 1.00. The van der Waals surface area contributed by atoms with E-state index < -0.39 is 10.1 Å². The molecule has 6 nitrogen and oxygen atoms in total. The summed E-state index contributed by atoms with van der Waals surface area (Å²) in [7, 11) is -3.45. The lowest BCUT2D eigenvalue weighted by Gasteiger charge is -2.10. The van der Waals surface area contributed by atoms with E-state index in [4.69, 9.17) is 9.47 Å². The highest BCUT2D eigenvalue weighted by molar-refractivity contribution is 7.85. The van der Waals surface area contributed by atoms with Crippen molar-refractivity contribution in [3.05, 3.63) is 66.4 Å². The van der Waals surface area contributed by atoms with E-state index in [1.165, 1.54) is 0 Å². The molecule has 0 aliphatic heterocycles. The molecule has 0 spiro atoms. The van der Waals surface area contributed by atoms with Gasteiger partial charge in [0.05, 0.1) is 17.5 Å². The second kappa shape index (κ2) is 8.16. The van der Waals surface area contributed by atoms with Crippen molar-refractivity contribution >= 4 is 21.0 Å². The number of rotatable bonds is 8. The molecular weight excluding hydrogens is 354 g/mol. The molecule has 136 valence electrons. The number of hydrogen-bond acceptors (Lipinski definition) is 6. The summed E-state index contributed by atoms with van der Waals surface area (Å²) in [5.74, 6) is 1.22. The molecule has 0 radical (unpaired) electrons. The average molecular weight is 373 g/mol. The van der Waals surface area contributed by atoms with Gasteiger partial charge >= 0.3 is 0 Å². The molecule has 3 aromatic rings. The van der Waals surface area contributed by atoms with Crippen LogP contribution in [-0.4, -0.2) is 32.9 Å². The molecule has 0 fully saturated rings. The highest BCUT2D eigenvalue weighted by atomic mass is 32.2. The molecule has 0 unspecified atom stereocenters. The van der Waals surface area contributed by atoms with Gasteiger partial charge in [-0.25, -0.2) is 4.98 Å². The van der Waals surface area contributed by atoms with E-state index in [-0.39, 0.29) is 13.2 Å². The Balaban J connectivity index is 1.56. The molecule has 0 saturated heterocycles. The van der Waals surface area contributed by atoms with E-state index in [0.717, 1.165) is 22.9 Å². The van der Waals surface area contributed by atoms with Crippen LogP contribution in [0.25, 0.3) is 10.9 Å². The maximum absolute atomic E-state index is 10.9. The SMILES string of the molecule is CS(=O)(=O)OCCOc1cccc(OCc2ccc3ccccc3n2)c1. The molecule has 0 aliphatic rings. The van der Waals surface area contributed by atoms with Crippen LogP contribution in [0.2, 0.25) is 0 Å². The van der Waals surface area contributed by atoms with Crippen LogP contribution in [0.4, 0.5) is 0 Å². The van der Waals surface area contributed by atoms with Gasteiger partial charge in [-0.05, 0) is 24.3 Å². The topological polar surface area (TPSA) is 74.7 Å². The first kappa shape index (κ1) is 18.2. The molecule has 1 heterocycles. The van der Waals surface area contributed by atoms with Crippen LogP contribution in [0.1, 0.15) is 5.69 Å². The molecule has 0 atom stereocenters. The second-order valence-electron chi connectivity index (χ2n) is 5.63. The summed E-state index contributed by atoms with van der Waals surface area (Å²) < 4.78 is 37.7. The standard InChI is InChI=1S/C19H19NO5S/c1-26(21,22)25-12-11-23-17-6-4-7-18(13-17)24-14-16-10-9-15-5-2-3-8-19(15)20-16/h2-10,13H,11-12,14H2,1H3. The summed E-state index contributed by atoms with van der Waals surface area (Å²) in [5.41, 5.74) is 1.76. The molecule has 7 heteroatoms.